The van der Waals surface area contributed by atoms with Crippen molar-refractivity contribution in [2.24, 2.45) is 0 Å². The molecule has 3 nitrogen and oxygen atoms in total. The third kappa shape index (κ3) is 2.30. The fraction of sp³-hybridized carbons (Fsp3) is 0.182. The number of benzene rings is 1. The Balaban J connectivity index is 2.18. The molecular formula is C11H11ClN2O. The van der Waals surface area contributed by atoms with Gasteiger partial charge >= 0.3 is 0 Å². The van der Waals surface area contributed by atoms with Crippen LogP contribution in [0, 0.1) is 0 Å². The van der Waals surface area contributed by atoms with Gasteiger partial charge in [-0.3, -0.25) is 0 Å². The van der Waals surface area contributed by atoms with Crippen molar-refractivity contribution in [2.45, 2.75) is 6.42 Å². The summed E-state index contributed by atoms with van der Waals surface area (Å²) >= 11 is 6.04. The number of hydrogen-bond acceptors (Lipinski definition) is 3. The summed E-state index contributed by atoms with van der Waals surface area (Å²) in [7, 11) is 1.77. The molecule has 0 aliphatic rings. The summed E-state index contributed by atoms with van der Waals surface area (Å²) in [4.78, 5) is 4.04. The van der Waals surface area contributed by atoms with Gasteiger partial charge in [-0.25, -0.2) is 4.98 Å². The van der Waals surface area contributed by atoms with E-state index in [2.05, 4.69) is 10.3 Å². The predicted octanol–water partition coefficient (Wildman–Crippen LogP) is 2.96. The molecule has 0 atom stereocenters. The van der Waals surface area contributed by atoms with Gasteiger partial charge in [0.05, 0.1) is 6.20 Å². The minimum Gasteiger partial charge on any atom is -0.428 e. The van der Waals surface area contributed by atoms with Crippen LogP contribution >= 0.6 is 11.6 Å². The van der Waals surface area contributed by atoms with E-state index in [1.807, 2.05) is 24.3 Å². The number of rotatable bonds is 3. The molecule has 0 fully saturated rings. The van der Waals surface area contributed by atoms with E-state index in [0.717, 1.165) is 16.3 Å². The van der Waals surface area contributed by atoms with Crippen LogP contribution in [0.25, 0.3) is 0 Å². The van der Waals surface area contributed by atoms with Gasteiger partial charge < -0.3 is 9.73 Å². The average molecular weight is 223 g/mol. The van der Waals surface area contributed by atoms with Crippen molar-refractivity contribution >= 4 is 17.6 Å². The van der Waals surface area contributed by atoms with Crippen LogP contribution in [-0.2, 0) is 6.42 Å². The third-order valence-electron chi connectivity index (χ3n) is 2.09. The van der Waals surface area contributed by atoms with Crippen molar-refractivity contribution < 1.29 is 4.42 Å². The Morgan fingerprint density at radius 3 is 2.87 bits per heavy atom. The van der Waals surface area contributed by atoms with Gasteiger partial charge in [0.2, 0.25) is 0 Å². The molecule has 0 saturated carbocycles. The summed E-state index contributed by atoms with van der Waals surface area (Å²) in [6.07, 6.45) is 2.36. The van der Waals surface area contributed by atoms with Gasteiger partial charge in [0, 0.05) is 18.5 Å². The highest BCUT2D eigenvalue weighted by Gasteiger charge is 2.05. The van der Waals surface area contributed by atoms with Gasteiger partial charge in [-0.05, 0) is 11.6 Å². The largest absolute Gasteiger partial charge is 0.428 e. The molecule has 15 heavy (non-hydrogen) atoms. The van der Waals surface area contributed by atoms with E-state index in [4.69, 9.17) is 16.0 Å². The fourth-order valence-corrected chi connectivity index (χ4v) is 1.54. The number of nitrogens with zero attached hydrogens (tertiary/aromatic N) is 1. The second kappa shape index (κ2) is 4.36. The molecule has 0 spiro atoms. The SMILES string of the molecule is CNc1ncc(Cc2ccccc2Cl)o1. The van der Waals surface area contributed by atoms with Crippen molar-refractivity contribution in [1.82, 2.24) is 4.98 Å². The smallest absolute Gasteiger partial charge is 0.294 e. The second-order valence-corrected chi connectivity index (χ2v) is 3.56. The summed E-state index contributed by atoms with van der Waals surface area (Å²) < 4.78 is 5.41. The van der Waals surface area contributed by atoms with Crippen LogP contribution < -0.4 is 5.32 Å². The Kier molecular flexibility index (Phi) is 2.92. The van der Waals surface area contributed by atoms with Crippen LogP contribution in [0.1, 0.15) is 11.3 Å². The van der Waals surface area contributed by atoms with Crippen LogP contribution in [0.5, 0.6) is 0 Å². The van der Waals surface area contributed by atoms with Gasteiger partial charge in [0.15, 0.2) is 0 Å². The van der Waals surface area contributed by atoms with E-state index in [1.165, 1.54) is 0 Å². The molecular weight excluding hydrogens is 212 g/mol. The molecule has 0 aliphatic carbocycles. The first-order chi connectivity index (χ1) is 7.29. The van der Waals surface area contributed by atoms with Crippen molar-refractivity contribution in [2.75, 3.05) is 12.4 Å². The molecule has 0 bridgehead atoms. The molecule has 2 rings (SSSR count). The van der Waals surface area contributed by atoms with Gasteiger partial charge in [0.25, 0.3) is 6.01 Å². The Bertz CT molecular complexity index is 453. The summed E-state index contributed by atoms with van der Waals surface area (Å²) in [5.41, 5.74) is 1.04. The number of oxazole rings is 1. The average Bonchev–Trinajstić information content (AvgIpc) is 2.69. The number of hydrogen-bond donors (Lipinski definition) is 1. The minimum absolute atomic E-state index is 0.525. The third-order valence-corrected chi connectivity index (χ3v) is 2.46. The second-order valence-electron chi connectivity index (χ2n) is 3.15. The monoisotopic (exact) mass is 222 g/mol. The molecule has 78 valence electrons. The van der Waals surface area contributed by atoms with E-state index in [1.54, 1.807) is 13.2 Å². The number of anilines is 1. The van der Waals surface area contributed by atoms with Gasteiger partial charge in [-0.15, -0.1) is 0 Å². The number of nitrogens with one attached hydrogen (secondary N) is 1. The van der Waals surface area contributed by atoms with Gasteiger partial charge in [-0.1, -0.05) is 29.8 Å². The first-order valence-corrected chi connectivity index (χ1v) is 5.03. The summed E-state index contributed by atoms with van der Waals surface area (Å²) in [5.74, 6) is 0.799. The minimum atomic E-state index is 0.525. The lowest BCUT2D eigenvalue weighted by Gasteiger charge is -2.00. The molecule has 2 aromatic rings. The van der Waals surface area contributed by atoms with Crippen molar-refractivity contribution in [3.8, 4) is 0 Å². The Hall–Kier alpha value is -1.48. The first kappa shape index (κ1) is 10.1. The Morgan fingerprint density at radius 1 is 1.40 bits per heavy atom. The van der Waals surface area contributed by atoms with E-state index in [9.17, 15) is 0 Å². The zero-order valence-electron chi connectivity index (χ0n) is 8.33. The normalized spacial score (nSPS) is 10.3. The molecule has 1 aromatic heterocycles. The maximum Gasteiger partial charge on any atom is 0.294 e. The first-order valence-electron chi connectivity index (χ1n) is 4.65. The van der Waals surface area contributed by atoms with Crippen LogP contribution in [0.2, 0.25) is 5.02 Å². The summed E-state index contributed by atoms with van der Waals surface area (Å²) in [6, 6.07) is 8.23. The fourth-order valence-electron chi connectivity index (χ4n) is 1.33. The molecule has 0 aliphatic heterocycles. The lowest BCUT2D eigenvalue weighted by atomic mass is 10.1. The van der Waals surface area contributed by atoms with Crippen molar-refractivity contribution in [3.05, 3.63) is 46.8 Å². The zero-order chi connectivity index (χ0) is 10.7. The maximum absolute atomic E-state index is 6.04. The molecule has 1 heterocycles. The van der Waals surface area contributed by atoms with Crippen LogP contribution in [0.3, 0.4) is 0 Å². The summed E-state index contributed by atoms with van der Waals surface area (Å²) in [6.45, 7) is 0. The van der Waals surface area contributed by atoms with Crippen LogP contribution in [0.15, 0.2) is 34.9 Å². The van der Waals surface area contributed by atoms with E-state index < -0.39 is 0 Å². The molecule has 0 unspecified atom stereocenters. The van der Waals surface area contributed by atoms with E-state index in [0.29, 0.717) is 12.4 Å². The number of halogens is 1. The lowest BCUT2D eigenvalue weighted by molar-refractivity contribution is 0.530. The quantitative estimate of drug-likeness (QED) is 0.868. The molecule has 1 N–H and O–H groups in total. The highest BCUT2D eigenvalue weighted by atomic mass is 35.5. The van der Waals surface area contributed by atoms with Gasteiger partial charge in [0.1, 0.15) is 5.76 Å². The topological polar surface area (TPSA) is 38.1 Å². The summed E-state index contributed by atoms with van der Waals surface area (Å²) in [5, 5.41) is 3.59. The zero-order valence-corrected chi connectivity index (χ0v) is 9.08. The lowest BCUT2D eigenvalue weighted by Crippen LogP contribution is -1.87. The molecule has 0 radical (unpaired) electrons. The Morgan fingerprint density at radius 2 is 2.20 bits per heavy atom. The van der Waals surface area contributed by atoms with Gasteiger partial charge in [-0.2, -0.15) is 0 Å². The molecule has 0 amide bonds. The van der Waals surface area contributed by atoms with E-state index >= 15 is 0 Å². The van der Waals surface area contributed by atoms with E-state index in [-0.39, 0.29) is 0 Å². The van der Waals surface area contributed by atoms with Crippen LogP contribution in [-0.4, -0.2) is 12.0 Å². The standard InChI is InChI=1S/C11H11ClN2O/c1-13-11-14-7-9(15-11)6-8-4-2-3-5-10(8)12/h2-5,7H,6H2,1H3,(H,13,14). The molecule has 4 heteroatoms. The predicted molar refractivity (Wildman–Crippen MR) is 60.3 cm³/mol. The maximum atomic E-state index is 6.04. The Labute approximate surface area is 93.1 Å². The van der Waals surface area contributed by atoms with Crippen molar-refractivity contribution in [3.63, 3.8) is 0 Å². The highest BCUT2D eigenvalue weighted by molar-refractivity contribution is 6.31. The number of aromatic nitrogens is 1. The van der Waals surface area contributed by atoms with Crippen molar-refractivity contribution in [1.29, 1.82) is 0 Å². The highest BCUT2D eigenvalue weighted by Crippen LogP contribution is 2.20. The molecule has 1 aromatic carbocycles. The van der Waals surface area contributed by atoms with Crippen LogP contribution in [0.4, 0.5) is 6.01 Å². The molecule has 0 saturated heterocycles.